The zero-order chi connectivity index (χ0) is 13.8. The Balaban J connectivity index is 2.31. The van der Waals surface area contributed by atoms with Gasteiger partial charge in [-0.1, -0.05) is 18.5 Å². The lowest BCUT2D eigenvalue weighted by Crippen LogP contribution is -1.97. The largest absolute Gasteiger partial charge is 0.436 e. The molecule has 0 aliphatic heterocycles. The van der Waals surface area contributed by atoms with Gasteiger partial charge in [-0.3, -0.25) is 0 Å². The first-order valence-electron chi connectivity index (χ1n) is 5.53. The third kappa shape index (κ3) is 3.18. The molecule has 0 fully saturated rings. The molecule has 4 nitrogen and oxygen atoms in total. The van der Waals surface area contributed by atoms with Crippen LogP contribution in [0.25, 0.3) is 0 Å². The van der Waals surface area contributed by atoms with Crippen LogP contribution in [-0.2, 0) is 6.42 Å². The van der Waals surface area contributed by atoms with E-state index in [4.69, 9.17) is 21.6 Å². The number of rotatable bonds is 3. The first-order chi connectivity index (χ1) is 9.12. The van der Waals surface area contributed by atoms with Gasteiger partial charge in [0, 0.05) is 12.5 Å². The second kappa shape index (κ2) is 5.63. The fourth-order valence-corrected chi connectivity index (χ4v) is 1.61. The molecule has 1 aromatic carbocycles. The summed E-state index contributed by atoms with van der Waals surface area (Å²) < 4.78 is 19.0. The number of benzene rings is 1. The molecule has 6 heteroatoms. The summed E-state index contributed by atoms with van der Waals surface area (Å²) in [5.41, 5.74) is 0.222. The average Bonchev–Trinajstić information content (AvgIpc) is 2.40. The van der Waals surface area contributed by atoms with E-state index in [0.29, 0.717) is 12.2 Å². The van der Waals surface area contributed by atoms with Gasteiger partial charge in [-0.25, -0.2) is 9.37 Å². The molecule has 1 aromatic heterocycles. The van der Waals surface area contributed by atoms with Crippen molar-refractivity contribution in [3.8, 4) is 17.7 Å². The van der Waals surface area contributed by atoms with E-state index in [0.717, 1.165) is 6.07 Å². The van der Waals surface area contributed by atoms with Gasteiger partial charge < -0.3 is 4.74 Å². The molecule has 0 aliphatic carbocycles. The number of nitriles is 1. The smallest absolute Gasteiger partial charge is 0.224 e. The Morgan fingerprint density at radius 1 is 1.37 bits per heavy atom. The van der Waals surface area contributed by atoms with Crippen LogP contribution in [0.2, 0.25) is 5.15 Å². The normalized spacial score (nSPS) is 10.0. The quantitative estimate of drug-likeness (QED) is 0.806. The summed E-state index contributed by atoms with van der Waals surface area (Å²) in [4.78, 5) is 8.06. The summed E-state index contributed by atoms with van der Waals surface area (Å²) >= 11 is 5.81. The molecule has 0 amide bonds. The fourth-order valence-electron chi connectivity index (χ4n) is 1.42. The van der Waals surface area contributed by atoms with E-state index in [9.17, 15) is 4.39 Å². The lowest BCUT2D eigenvalue weighted by Gasteiger charge is -2.07. The van der Waals surface area contributed by atoms with Crippen LogP contribution in [-0.4, -0.2) is 9.97 Å². The number of ether oxygens (including phenoxy) is 1. The number of nitrogens with zero attached hydrogens (tertiary/aromatic N) is 3. The summed E-state index contributed by atoms with van der Waals surface area (Å²) in [6.45, 7) is 1.87. The van der Waals surface area contributed by atoms with Crippen molar-refractivity contribution < 1.29 is 9.13 Å². The minimum atomic E-state index is -0.633. The molecule has 0 atom stereocenters. The number of aryl methyl sites for hydroxylation is 1. The van der Waals surface area contributed by atoms with Gasteiger partial charge in [-0.05, 0) is 18.2 Å². The van der Waals surface area contributed by atoms with Gasteiger partial charge in [0.25, 0.3) is 0 Å². The molecule has 19 heavy (non-hydrogen) atoms. The van der Waals surface area contributed by atoms with Crippen LogP contribution in [0.1, 0.15) is 18.3 Å². The molecule has 96 valence electrons. The van der Waals surface area contributed by atoms with Crippen LogP contribution in [0.5, 0.6) is 11.6 Å². The maximum atomic E-state index is 13.7. The van der Waals surface area contributed by atoms with Crippen molar-refractivity contribution in [1.82, 2.24) is 9.97 Å². The van der Waals surface area contributed by atoms with Crippen LogP contribution >= 0.6 is 11.6 Å². The molecule has 1 heterocycles. The van der Waals surface area contributed by atoms with E-state index in [1.807, 2.05) is 13.0 Å². The van der Waals surface area contributed by atoms with E-state index >= 15 is 0 Å². The number of hydrogen-bond donors (Lipinski definition) is 0. The van der Waals surface area contributed by atoms with Crippen molar-refractivity contribution in [3.05, 3.63) is 46.6 Å². The Morgan fingerprint density at radius 3 is 2.79 bits per heavy atom. The number of hydrogen-bond acceptors (Lipinski definition) is 4. The number of halogens is 2. The molecular weight excluding hydrogens is 269 g/mol. The van der Waals surface area contributed by atoms with Gasteiger partial charge in [0.15, 0.2) is 11.6 Å². The SMILES string of the molecule is CCc1nc(Cl)cc(Oc2ccc(C#N)cc2F)n1. The fraction of sp³-hybridized carbons (Fsp3) is 0.154. The highest BCUT2D eigenvalue weighted by molar-refractivity contribution is 6.29. The minimum absolute atomic E-state index is 0.0178. The lowest BCUT2D eigenvalue weighted by molar-refractivity contribution is 0.424. The van der Waals surface area contributed by atoms with E-state index < -0.39 is 5.82 Å². The highest BCUT2D eigenvalue weighted by atomic mass is 35.5. The van der Waals surface area contributed by atoms with Gasteiger partial charge in [0.1, 0.15) is 11.0 Å². The zero-order valence-electron chi connectivity index (χ0n) is 10.0. The van der Waals surface area contributed by atoms with Crippen LogP contribution in [0.3, 0.4) is 0 Å². The molecule has 0 N–H and O–H groups in total. The van der Waals surface area contributed by atoms with Gasteiger partial charge in [0.05, 0.1) is 11.6 Å². The predicted molar refractivity (Wildman–Crippen MR) is 67.6 cm³/mol. The maximum absolute atomic E-state index is 13.7. The first kappa shape index (κ1) is 13.2. The van der Waals surface area contributed by atoms with Crippen molar-refractivity contribution in [2.24, 2.45) is 0 Å². The molecule has 2 aromatic rings. The van der Waals surface area contributed by atoms with Crippen molar-refractivity contribution in [3.63, 3.8) is 0 Å². The van der Waals surface area contributed by atoms with Crippen LogP contribution in [0.15, 0.2) is 24.3 Å². The first-order valence-corrected chi connectivity index (χ1v) is 5.91. The highest BCUT2D eigenvalue weighted by Crippen LogP contribution is 2.25. The summed E-state index contributed by atoms with van der Waals surface area (Å²) in [5, 5.41) is 8.88. The summed E-state index contributed by atoms with van der Waals surface area (Å²) in [6, 6.07) is 7.17. The Labute approximate surface area is 114 Å². The average molecular weight is 278 g/mol. The predicted octanol–water partition coefficient (Wildman–Crippen LogP) is 3.50. The molecule has 0 spiro atoms. The molecule has 2 rings (SSSR count). The third-order valence-electron chi connectivity index (χ3n) is 2.31. The monoisotopic (exact) mass is 277 g/mol. The van der Waals surface area contributed by atoms with Gasteiger partial charge >= 0.3 is 0 Å². The molecule has 0 aliphatic rings. The minimum Gasteiger partial charge on any atom is -0.436 e. The van der Waals surface area contributed by atoms with Gasteiger partial charge in [-0.15, -0.1) is 0 Å². The van der Waals surface area contributed by atoms with Crippen molar-refractivity contribution >= 4 is 11.6 Å². The topological polar surface area (TPSA) is 58.8 Å². The standard InChI is InChI=1S/C13H9ClFN3O/c1-2-12-17-11(14)6-13(18-12)19-10-4-3-8(7-16)5-9(10)15/h3-6H,2H2,1H3. The summed E-state index contributed by atoms with van der Waals surface area (Å²) in [6.07, 6.45) is 0.590. The van der Waals surface area contributed by atoms with E-state index in [1.165, 1.54) is 18.2 Å². The highest BCUT2D eigenvalue weighted by Gasteiger charge is 2.09. The molecule has 0 saturated carbocycles. The molecule has 0 radical (unpaired) electrons. The summed E-state index contributed by atoms with van der Waals surface area (Å²) in [5.74, 6) is 0.0275. The van der Waals surface area contributed by atoms with Crippen molar-refractivity contribution in [2.45, 2.75) is 13.3 Å². The molecular formula is C13H9ClFN3O. The molecule has 0 saturated heterocycles. The van der Waals surface area contributed by atoms with E-state index in [1.54, 1.807) is 0 Å². The third-order valence-corrected chi connectivity index (χ3v) is 2.50. The van der Waals surface area contributed by atoms with E-state index in [-0.39, 0.29) is 22.3 Å². The Kier molecular flexibility index (Phi) is 3.93. The molecule has 0 unspecified atom stereocenters. The van der Waals surface area contributed by atoms with Crippen LogP contribution in [0, 0.1) is 17.1 Å². The van der Waals surface area contributed by atoms with Gasteiger partial charge in [-0.2, -0.15) is 10.2 Å². The van der Waals surface area contributed by atoms with Crippen LogP contribution in [0.4, 0.5) is 4.39 Å². The summed E-state index contributed by atoms with van der Waals surface area (Å²) in [7, 11) is 0. The molecule has 0 bridgehead atoms. The van der Waals surface area contributed by atoms with Crippen molar-refractivity contribution in [1.29, 1.82) is 5.26 Å². The lowest BCUT2D eigenvalue weighted by atomic mass is 10.2. The zero-order valence-corrected chi connectivity index (χ0v) is 10.8. The van der Waals surface area contributed by atoms with E-state index in [2.05, 4.69) is 9.97 Å². The Hall–Kier alpha value is -2.19. The van der Waals surface area contributed by atoms with Crippen LogP contribution < -0.4 is 4.74 Å². The Morgan fingerprint density at radius 2 is 2.16 bits per heavy atom. The number of aromatic nitrogens is 2. The second-order valence-corrected chi connectivity index (χ2v) is 4.05. The van der Waals surface area contributed by atoms with Crippen molar-refractivity contribution in [2.75, 3.05) is 0 Å². The maximum Gasteiger partial charge on any atom is 0.224 e. The Bertz CT molecular complexity index is 655. The van der Waals surface area contributed by atoms with Gasteiger partial charge in [0.2, 0.25) is 5.88 Å². The second-order valence-electron chi connectivity index (χ2n) is 3.66.